The highest BCUT2D eigenvalue weighted by Crippen LogP contribution is 2.29. The first-order chi connectivity index (χ1) is 16.4. The molecule has 5 aromatic rings. The topological polar surface area (TPSA) is 90.5 Å². The molecule has 0 aliphatic carbocycles. The zero-order valence-electron chi connectivity index (χ0n) is 18.4. The third-order valence-electron chi connectivity index (χ3n) is 5.54. The summed E-state index contributed by atoms with van der Waals surface area (Å²) in [7, 11) is 0. The van der Waals surface area contributed by atoms with Crippen molar-refractivity contribution in [3.05, 3.63) is 93.4 Å². The number of aromatic nitrogens is 4. The minimum Gasteiger partial charge on any atom is -0.436 e. The summed E-state index contributed by atoms with van der Waals surface area (Å²) in [6, 6.07) is 19.7. The number of anilines is 1. The number of benzene rings is 3. The number of ether oxygens (including phenoxy) is 1. The van der Waals surface area contributed by atoms with Gasteiger partial charge in [0.25, 0.3) is 5.88 Å². The van der Waals surface area contributed by atoms with Crippen LogP contribution in [0.2, 0.25) is 5.02 Å². The predicted octanol–water partition coefficient (Wildman–Crippen LogP) is 4.75. The predicted molar refractivity (Wildman–Crippen MR) is 131 cm³/mol. The average molecular weight is 474 g/mol. The van der Waals surface area contributed by atoms with Gasteiger partial charge in [0.1, 0.15) is 12.3 Å². The van der Waals surface area contributed by atoms with Crippen molar-refractivity contribution in [2.24, 2.45) is 0 Å². The summed E-state index contributed by atoms with van der Waals surface area (Å²) in [5, 5.41) is 7.63. The van der Waals surface area contributed by atoms with Crippen LogP contribution in [-0.2, 0) is 11.3 Å². The van der Waals surface area contributed by atoms with Gasteiger partial charge < -0.3 is 10.1 Å². The molecule has 0 aliphatic heterocycles. The van der Waals surface area contributed by atoms with Gasteiger partial charge in [-0.3, -0.25) is 4.79 Å². The number of halogens is 1. The first kappa shape index (κ1) is 21.7. The molecule has 0 fully saturated rings. The third-order valence-corrected chi connectivity index (χ3v) is 5.77. The fourth-order valence-corrected chi connectivity index (χ4v) is 3.87. The highest BCUT2D eigenvalue weighted by atomic mass is 35.5. The Bertz CT molecular complexity index is 1620. The molecule has 0 unspecified atom stereocenters. The van der Waals surface area contributed by atoms with Crippen LogP contribution in [0, 0.1) is 13.8 Å². The summed E-state index contributed by atoms with van der Waals surface area (Å²) in [6.45, 7) is 3.65. The fourth-order valence-electron chi connectivity index (χ4n) is 3.68. The molecule has 3 aromatic carbocycles. The van der Waals surface area contributed by atoms with Gasteiger partial charge in [0, 0.05) is 10.7 Å². The Balaban J connectivity index is 1.58. The Labute approximate surface area is 199 Å². The Morgan fingerprint density at radius 2 is 1.85 bits per heavy atom. The number of nitrogens with zero attached hydrogens (tertiary/aromatic N) is 4. The van der Waals surface area contributed by atoms with E-state index >= 15 is 0 Å². The summed E-state index contributed by atoms with van der Waals surface area (Å²) in [5.41, 5.74) is 3.44. The molecule has 0 atom stereocenters. The first-order valence-electron chi connectivity index (χ1n) is 10.6. The normalized spacial score (nSPS) is 11.1. The SMILES string of the molecule is Cc1cccc(Oc2nc3ccccc3n3c(=O)n(CC(=O)Nc4cccc(Cl)c4)nc23)c1C. The second-order valence-electron chi connectivity index (χ2n) is 7.86. The molecule has 9 heteroatoms. The zero-order valence-corrected chi connectivity index (χ0v) is 19.2. The van der Waals surface area contributed by atoms with Crippen molar-refractivity contribution in [3.63, 3.8) is 0 Å². The molecule has 170 valence electrons. The van der Waals surface area contributed by atoms with Crippen LogP contribution >= 0.6 is 11.6 Å². The molecule has 0 saturated heterocycles. The van der Waals surface area contributed by atoms with Crippen molar-refractivity contribution in [1.82, 2.24) is 19.2 Å². The van der Waals surface area contributed by atoms with Gasteiger partial charge in [0.05, 0.1) is 11.0 Å². The van der Waals surface area contributed by atoms with Gasteiger partial charge >= 0.3 is 5.69 Å². The van der Waals surface area contributed by atoms with E-state index in [1.807, 2.05) is 44.2 Å². The number of amides is 1. The maximum atomic E-state index is 13.3. The Morgan fingerprint density at radius 3 is 2.68 bits per heavy atom. The van der Waals surface area contributed by atoms with E-state index in [2.05, 4.69) is 15.4 Å². The molecule has 1 N–H and O–H groups in total. The summed E-state index contributed by atoms with van der Waals surface area (Å²) >= 11 is 5.98. The maximum Gasteiger partial charge on any atom is 0.351 e. The summed E-state index contributed by atoms with van der Waals surface area (Å²) in [4.78, 5) is 30.5. The van der Waals surface area contributed by atoms with Crippen molar-refractivity contribution in [1.29, 1.82) is 0 Å². The number of carbonyl (C=O) groups excluding carboxylic acids is 1. The van der Waals surface area contributed by atoms with Crippen LogP contribution in [-0.4, -0.2) is 25.1 Å². The van der Waals surface area contributed by atoms with E-state index in [9.17, 15) is 9.59 Å². The Kier molecular flexibility index (Phi) is 5.51. The van der Waals surface area contributed by atoms with Crippen LogP contribution in [0.15, 0.2) is 71.5 Å². The molecule has 0 radical (unpaired) electrons. The van der Waals surface area contributed by atoms with E-state index in [0.717, 1.165) is 15.8 Å². The molecule has 5 rings (SSSR count). The van der Waals surface area contributed by atoms with Crippen LogP contribution < -0.4 is 15.7 Å². The standard InChI is InChI=1S/C25H20ClN5O3/c1-15-7-5-12-21(16(15)2)34-24-23-29-30(14-22(32)27-18-9-6-8-17(26)13-18)25(33)31(23)20-11-4-3-10-19(20)28-24/h3-13H,14H2,1-2H3,(H,27,32). The number of para-hydroxylation sites is 2. The summed E-state index contributed by atoms with van der Waals surface area (Å²) in [6.07, 6.45) is 0. The molecule has 0 spiro atoms. The molecule has 2 heterocycles. The quantitative estimate of drug-likeness (QED) is 0.398. The largest absolute Gasteiger partial charge is 0.436 e. The van der Waals surface area contributed by atoms with Gasteiger partial charge in [-0.25, -0.2) is 18.9 Å². The minimum absolute atomic E-state index is 0.179. The first-order valence-corrected chi connectivity index (χ1v) is 11.0. The number of hydrogen-bond acceptors (Lipinski definition) is 5. The van der Waals surface area contributed by atoms with Crippen LogP contribution in [0.3, 0.4) is 0 Å². The Morgan fingerprint density at radius 1 is 1.06 bits per heavy atom. The van der Waals surface area contributed by atoms with E-state index in [0.29, 0.717) is 27.5 Å². The number of rotatable bonds is 5. The van der Waals surface area contributed by atoms with Crippen molar-refractivity contribution in [3.8, 4) is 11.6 Å². The smallest absolute Gasteiger partial charge is 0.351 e. The van der Waals surface area contributed by atoms with Crippen LogP contribution in [0.1, 0.15) is 11.1 Å². The molecular formula is C25H20ClN5O3. The summed E-state index contributed by atoms with van der Waals surface area (Å²) in [5.74, 6) is 0.380. The average Bonchev–Trinajstić information content (AvgIpc) is 3.13. The number of carbonyl (C=O) groups is 1. The second-order valence-corrected chi connectivity index (χ2v) is 8.30. The monoisotopic (exact) mass is 473 g/mol. The van der Waals surface area contributed by atoms with Crippen molar-refractivity contribution < 1.29 is 9.53 Å². The van der Waals surface area contributed by atoms with Crippen LogP contribution in [0.4, 0.5) is 5.69 Å². The molecule has 8 nitrogen and oxygen atoms in total. The van der Waals surface area contributed by atoms with Gasteiger partial charge in [0.2, 0.25) is 11.6 Å². The molecule has 34 heavy (non-hydrogen) atoms. The van der Waals surface area contributed by atoms with E-state index in [1.165, 1.54) is 4.40 Å². The van der Waals surface area contributed by atoms with E-state index in [-0.39, 0.29) is 18.1 Å². The molecule has 2 aromatic heterocycles. The van der Waals surface area contributed by atoms with E-state index in [1.54, 1.807) is 36.4 Å². The van der Waals surface area contributed by atoms with Gasteiger partial charge in [0.15, 0.2) is 0 Å². The van der Waals surface area contributed by atoms with Crippen molar-refractivity contribution in [2.45, 2.75) is 20.4 Å². The van der Waals surface area contributed by atoms with Crippen molar-refractivity contribution in [2.75, 3.05) is 5.32 Å². The molecule has 0 aliphatic rings. The van der Waals surface area contributed by atoms with Gasteiger partial charge in [-0.05, 0) is 61.4 Å². The lowest BCUT2D eigenvalue weighted by Crippen LogP contribution is -2.28. The van der Waals surface area contributed by atoms with Gasteiger partial charge in [-0.15, -0.1) is 5.10 Å². The lowest BCUT2D eigenvalue weighted by molar-refractivity contribution is -0.117. The molecule has 0 bridgehead atoms. The minimum atomic E-state index is -0.472. The maximum absolute atomic E-state index is 13.3. The highest BCUT2D eigenvalue weighted by molar-refractivity contribution is 6.30. The lowest BCUT2D eigenvalue weighted by atomic mass is 10.1. The van der Waals surface area contributed by atoms with Gasteiger partial charge in [-0.1, -0.05) is 41.9 Å². The fraction of sp³-hybridized carbons (Fsp3) is 0.120. The molecule has 1 amide bonds. The zero-order chi connectivity index (χ0) is 23.8. The summed E-state index contributed by atoms with van der Waals surface area (Å²) < 4.78 is 8.64. The lowest BCUT2D eigenvalue weighted by Gasteiger charge is -2.11. The van der Waals surface area contributed by atoms with E-state index in [4.69, 9.17) is 16.3 Å². The number of aryl methyl sites for hydroxylation is 1. The van der Waals surface area contributed by atoms with Crippen LogP contribution in [0.25, 0.3) is 16.7 Å². The van der Waals surface area contributed by atoms with Crippen LogP contribution in [0.5, 0.6) is 11.6 Å². The Hall–Kier alpha value is -4.17. The molecular weight excluding hydrogens is 454 g/mol. The third kappa shape index (κ3) is 3.99. The van der Waals surface area contributed by atoms with E-state index < -0.39 is 11.6 Å². The molecule has 0 saturated carbocycles. The number of nitrogens with one attached hydrogen (secondary N) is 1. The number of hydrogen-bond donors (Lipinski definition) is 1. The highest BCUT2D eigenvalue weighted by Gasteiger charge is 2.19. The second kappa shape index (κ2) is 8.64. The number of fused-ring (bicyclic) bond motifs is 3. The van der Waals surface area contributed by atoms with Crippen molar-refractivity contribution >= 4 is 39.9 Å². The van der Waals surface area contributed by atoms with Gasteiger partial charge in [-0.2, -0.15) is 0 Å².